The van der Waals surface area contributed by atoms with E-state index < -0.39 is 0 Å². The number of pyridine rings is 1. The number of nitrogens with zero attached hydrogens (tertiary/aromatic N) is 3. The normalized spacial score (nSPS) is 21.5. The molecule has 6 heteroatoms. The molecule has 5 rings (SSSR count). The molecule has 3 aromatic rings. The van der Waals surface area contributed by atoms with Crippen molar-refractivity contribution >= 4 is 17.3 Å². The smallest absolute Gasteiger partial charge is 0.170 e. The third-order valence-electron chi connectivity index (χ3n) is 6.79. The minimum atomic E-state index is 0.0131. The van der Waals surface area contributed by atoms with Crippen LogP contribution in [0.4, 0.5) is 0 Å². The summed E-state index contributed by atoms with van der Waals surface area (Å²) in [5.41, 5.74) is 3.54. The van der Waals surface area contributed by atoms with Crippen molar-refractivity contribution in [2.24, 2.45) is 0 Å². The maximum atomic E-state index is 5.87. The number of aromatic nitrogens is 2. The van der Waals surface area contributed by atoms with E-state index in [-0.39, 0.29) is 12.1 Å². The van der Waals surface area contributed by atoms with Crippen LogP contribution < -0.4 is 10.1 Å². The zero-order chi connectivity index (χ0) is 21.9. The molecule has 1 saturated carbocycles. The summed E-state index contributed by atoms with van der Waals surface area (Å²) in [4.78, 5) is 7.01. The van der Waals surface area contributed by atoms with Gasteiger partial charge in [-0.15, -0.1) is 0 Å². The fraction of sp³-hybridized carbons (Fsp3) is 0.385. The highest BCUT2D eigenvalue weighted by Crippen LogP contribution is 2.42. The van der Waals surface area contributed by atoms with Crippen LogP contribution in [-0.4, -0.2) is 26.7 Å². The second kappa shape index (κ2) is 9.33. The molecule has 2 aromatic heterocycles. The fourth-order valence-electron chi connectivity index (χ4n) is 5.17. The molecule has 2 atom stereocenters. The van der Waals surface area contributed by atoms with E-state index in [4.69, 9.17) is 17.0 Å². The van der Waals surface area contributed by atoms with Crippen LogP contribution in [0.5, 0.6) is 5.75 Å². The monoisotopic (exact) mass is 446 g/mol. The fourth-order valence-corrected chi connectivity index (χ4v) is 5.48. The Balaban J connectivity index is 1.52. The predicted octanol–water partition coefficient (Wildman–Crippen LogP) is 5.57. The highest BCUT2D eigenvalue weighted by Gasteiger charge is 2.41. The summed E-state index contributed by atoms with van der Waals surface area (Å²) in [5, 5.41) is 4.36. The van der Waals surface area contributed by atoms with Crippen LogP contribution >= 0.6 is 12.2 Å². The van der Waals surface area contributed by atoms with Gasteiger partial charge in [-0.3, -0.25) is 4.98 Å². The Bertz CT molecular complexity index is 1040. The van der Waals surface area contributed by atoms with Gasteiger partial charge in [-0.25, -0.2) is 0 Å². The molecule has 2 unspecified atom stereocenters. The van der Waals surface area contributed by atoms with Crippen LogP contribution in [0, 0.1) is 0 Å². The minimum Gasteiger partial charge on any atom is -0.497 e. The number of thiocarbonyl (C=S) groups is 1. The summed E-state index contributed by atoms with van der Waals surface area (Å²) >= 11 is 5.87. The van der Waals surface area contributed by atoms with E-state index in [0.717, 1.165) is 23.1 Å². The average Bonchev–Trinajstić information content (AvgIpc) is 3.45. The van der Waals surface area contributed by atoms with E-state index in [9.17, 15) is 0 Å². The molecular formula is C26H30N4OS. The number of benzene rings is 1. The quantitative estimate of drug-likeness (QED) is 0.502. The van der Waals surface area contributed by atoms with Gasteiger partial charge in [-0.2, -0.15) is 0 Å². The maximum Gasteiger partial charge on any atom is 0.170 e. The third-order valence-corrected chi connectivity index (χ3v) is 7.15. The van der Waals surface area contributed by atoms with E-state index >= 15 is 0 Å². The van der Waals surface area contributed by atoms with E-state index in [1.807, 2.05) is 24.4 Å². The number of nitrogens with one attached hydrogen (secondary N) is 1. The lowest BCUT2D eigenvalue weighted by atomic mass is 9.94. The summed E-state index contributed by atoms with van der Waals surface area (Å²) in [6.45, 7) is 0.736. The largest absolute Gasteiger partial charge is 0.497 e. The predicted molar refractivity (Wildman–Crippen MR) is 131 cm³/mol. The van der Waals surface area contributed by atoms with Crippen molar-refractivity contribution in [1.29, 1.82) is 0 Å². The first-order chi connectivity index (χ1) is 15.7. The van der Waals surface area contributed by atoms with Crippen molar-refractivity contribution in [3.63, 3.8) is 0 Å². The van der Waals surface area contributed by atoms with Gasteiger partial charge in [0.05, 0.1) is 24.9 Å². The topological polar surface area (TPSA) is 42.3 Å². The molecule has 1 aliphatic heterocycles. The van der Waals surface area contributed by atoms with Gasteiger partial charge in [-0.05, 0) is 67.0 Å². The summed E-state index contributed by atoms with van der Waals surface area (Å²) in [6.07, 6.45) is 10.6. The number of hydrogen-bond acceptors (Lipinski definition) is 3. The number of ether oxygens (including phenoxy) is 1. The number of rotatable bonds is 6. The molecule has 1 N–H and O–H groups in total. The molecule has 166 valence electrons. The van der Waals surface area contributed by atoms with Gasteiger partial charge in [0.25, 0.3) is 0 Å². The first-order valence-corrected chi connectivity index (χ1v) is 11.9. The van der Waals surface area contributed by atoms with Crippen molar-refractivity contribution in [3.05, 3.63) is 83.9 Å². The van der Waals surface area contributed by atoms with Crippen molar-refractivity contribution < 1.29 is 4.74 Å². The zero-order valence-corrected chi connectivity index (χ0v) is 19.3. The standard InChI is InChI=1S/C26H30N4OS/c1-31-21-14-12-19(13-15-21)18-30-25(24(28-26(30)32)22-10-5-6-16-27-22)23-11-7-17-29(23)20-8-3-2-4-9-20/h5-7,10-17,20,24-25H,2-4,8-9,18H2,1H3,(H,28,32). The lowest BCUT2D eigenvalue weighted by molar-refractivity contribution is 0.275. The molecule has 1 aliphatic carbocycles. The molecule has 32 heavy (non-hydrogen) atoms. The minimum absolute atomic E-state index is 0.0131. The van der Waals surface area contributed by atoms with Gasteiger partial charge in [0.1, 0.15) is 5.75 Å². The van der Waals surface area contributed by atoms with E-state index in [0.29, 0.717) is 6.04 Å². The maximum absolute atomic E-state index is 5.87. The van der Waals surface area contributed by atoms with Crippen LogP contribution in [0.2, 0.25) is 0 Å². The van der Waals surface area contributed by atoms with Crippen LogP contribution in [-0.2, 0) is 6.54 Å². The molecule has 0 bridgehead atoms. The number of methoxy groups -OCH3 is 1. The summed E-state index contributed by atoms with van der Waals surface area (Å²) in [6, 6.07) is 19.5. The van der Waals surface area contributed by atoms with Crippen LogP contribution in [0.3, 0.4) is 0 Å². The highest BCUT2D eigenvalue weighted by atomic mass is 32.1. The summed E-state index contributed by atoms with van der Waals surface area (Å²) < 4.78 is 7.85. The van der Waals surface area contributed by atoms with E-state index in [1.165, 1.54) is 43.4 Å². The third kappa shape index (κ3) is 4.11. The highest BCUT2D eigenvalue weighted by molar-refractivity contribution is 7.80. The van der Waals surface area contributed by atoms with Crippen molar-refractivity contribution in [3.8, 4) is 5.75 Å². The van der Waals surface area contributed by atoms with Crippen molar-refractivity contribution in [1.82, 2.24) is 19.8 Å². The second-order valence-electron chi connectivity index (χ2n) is 8.73. The Labute approximate surface area is 195 Å². The summed E-state index contributed by atoms with van der Waals surface area (Å²) in [5.74, 6) is 0.866. The molecule has 1 aromatic carbocycles. The molecule has 5 nitrogen and oxygen atoms in total. The van der Waals surface area contributed by atoms with Crippen LogP contribution in [0.15, 0.2) is 67.0 Å². The second-order valence-corrected chi connectivity index (χ2v) is 9.12. The molecule has 2 fully saturated rings. The van der Waals surface area contributed by atoms with E-state index in [1.54, 1.807) is 7.11 Å². The van der Waals surface area contributed by atoms with Gasteiger partial charge >= 0.3 is 0 Å². The first-order valence-electron chi connectivity index (χ1n) is 11.5. The molecule has 1 saturated heterocycles. The van der Waals surface area contributed by atoms with Gasteiger partial charge in [0.15, 0.2) is 5.11 Å². The van der Waals surface area contributed by atoms with E-state index in [2.05, 4.69) is 62.4 Å². The lowest BCUT2D eigenvalue weighted by Crippen LogP contribution is -2.30. The lowest BCUT2D eigenvalue weighted by Gasteiger charge is -2.32. The van der Waals surface area contributed by atoms with Gasteiger partial charge in [0, 0.05) is 30.7 Å². The Morgan fingerprint density at radius 3 is 2.56 bits per heavy atom. The SMILES string of the molecule is COc1ccc(CN2C(=S)NC(c3ccccn3)C2c2cccn2C2CCCCC2)cc1. The Kier molecular flexibility index (Phi) is 6.12. The van der Waals surface area contributed by atoms with Gasteiger partial charge in [-0.1, -0.05) is 37.5 Å². The van der Waals surface area contributed by atoms with Crippen LogP contribution in [0.1, 0.15) is 67.2 Å². The van der Waals surface area contributed by atoms with Crippen LogP contribution in [0.25, 0.3) is 0 Å². The Hall–Kier alpha value is -2.86. The van der Waals surface area contributed by atoms with Gasteiger partial charge in [0.2, 0.25) is 0 Å². The molecule has 0 spiro atoms. The molecule has 0 radical (unpaired) electrons. The van der Waals surface area contributed by atoms with Crippen molar-refractivity contribution in [2.45, 2.75) is 56.8 Å². The zero-order valence-electron chi connectivity index (χ0n) is 18.5. The number of hydrogen-bond donors (Lipinski definition) is 1. The van der Waals surface area contributed by atoms with Crippen molar-refractivity contribution in [2.75, 3.05) is 7.11 Å². The molecular weight excluding hydrogens is 416 g/mol. The first kappa shape index (κ1) is 21.0. The summed E-state index contributed by atoms with van der Waals surface area (Å²) in [7, 11) is 1.70. The molecule has 0 amide bonds. The Morgan fingerprint density at radius 2 is 1.84 bits per heavy atom. The van der Waals surface area contributed by atoms with Gasteiger partial charge < -0.3 is 19.5 Å². The average molecular weight is 447 g/mol. The Morgan fingerprint density at radius 1 is 1.03 bits per heavy atom. The molecule has 3 heterocycles. The molecule has 2 aliphatic rings.